The quantitative estimate of drug-likeness (QED) is 0.574. The van der Waals surface area contributed by atoms with Crippen LogP contribution in [0, 0.1) is 5.92 Å². The molecule has 1 aliphatic rings. The van der Waals surface area contributed by atoms with Gasteiger partial charge in [0.25, 0.3) is 0 Å². The summed E-state index contributed by atoms with van der Waals surface area (Å²) in [6.07, 6.45) is 0.721. The molecule has 6 heteroatoms. The molecule has 2 rings (SSSR count). The average Bonchev–Trinajstić information content (AvgIpc) is 2.87. The van der Waals surface area contributed by atoms with Crippen molar-refractivity contribution in [2.75, 3.05) is 26.1 Å². The fourth-order valence-corrected chi connectivity index (χ4v) is 3.00. The molecule has 1 N–H and O–H groups in total. The average molecular weight is 302 g/mol. The van der Waals surface area contributed by atoms with Gasteiger partial charge in [0.05, 0.1) is 0 Å². The normalized spacial score (nSPS) is 21.5. The van der Waals surface area contributed by atoms with Crippen LogP contribution in [-0.4, -0.2) is 50.2 Å². The van der Waals surface area contributed by atoms with Crippen LogP contribution in [0.15, 0.2) is 30.3 Å². The molecule has 0 aliphatic carbocycles. The third kappa shape index (κ3) is 5.03. The number of hydrogen-bond donors (Lipinski definition) is 1. The second-order valence-corrected chi connectivity index (χ2v) is 5.63. The van der Waals surface area contributed by atoms with Crippen molar-refractivity contribution in [1.29, 1.82) is 0 Å². The number of ether oxygens (including phenoxy) is 1. The summed E-state index contributed by atoms with van der Waals surface area (Å²) in [6.45, 7) is 4.76. The molecule has 0 radical (unpaired) electrons. The van der Waals surface area contributed by atoms with E-state index in [1.54, 1.807) is 0 Å². The molecule has 1 aliphatic heterocycles. The van der Waals surface area contributed by atoms with Crippen LogP contribution in [0.3, 0.4) is 0 Å². The number of benzene rings is 1. The minimum atomic E-state index is -0.160. The molecule has 0 amide bonds. The Balaban J connectivity index is 1.94. The van der Waals surface area contributed by atoms with Gasteiger partial charge in [0.15, 0.2) is 0 Å². The molecule has 1 aromatic carbocycles. The van der Waals surface area contributed by atoms with Crippen molar-refractivity contribution >= 4 is 13.1 Å². The Morgan fingerprint density at radius 3 is 2.82 bits per heavy atom. The van der Waals surface area contributed by atoms with Crippen LogP contribution in [0.1, 0.15) is 18.9 Å². The zero-order chi connectivity index (χ0) is 15.8. The van der Waals surface area contributed by atoms with Gasteiger partial charge in [-0.25, -0.2) is 0 Å². The van der Waals surface area contributed by atoms with E-state index in [1.165, 1.54) is 5.56 Å². The van der Waals surface area contributed by atoms with Crippen molar-refractivity contribution in [2.45, 2.75) is 25.9 Å². The molecule has 1 saturated heterocycles. The van der Waals surface area contributed by atoms with E-state index >= 15 is 0 Å². The van der Waals surface area contributed by atoms with E-state index in [-0.39, 0.29) is 17.9 Å². The van der Waals surface area contributed by atoms with Crippen molar-refractivity contribution < 1.29 is 14.2 Å². The fourth-order valence-electron chi connectivity index (χ4n) is 3.00. The van der Waals surface area contributed by atoms with E-state index in [2.05, 4.69) is 22.3 Å². The number of carbonyl (C=O) groups excluding carboxylic acids is 1. The van der Waals surface area contributed by atoms with Crippen LogP contribution in [0.2, 0.25) is 0 Å². The van der Waals surface area contributed by atoms with Crippen LogP contribution in [0.25, 0.3) is 0 Å². The molecular formula is C16H23BN2O3. The zero-order valence-corrected chi connectivity index (χ0v) is 13.0. The van der Waals surface area contributed by atoms with E-state index in [4.69, 9.17) is 4.74 Å². The molecule has 0 aromatic heterocycles. The molecule has 1 heterocycles. The summed E-state index contributed by atoms with van der Waals surface area (Å²) in [5.41, 5.74) is 1.26. The fraction of sp³-hybridized carbons (Fsp3) is 0.562. The number of nitrogens with zero attached hydrogens (tertiary/aromatic N) is 1. The number of nitrogens with one attached hydrogen (secondary N) is 1. The predicted molar refractivity (Wildman–Crippen MR) is 84.7 cm³/mol. The van der Waals surface area contributed by atoms with E-state index < -0.39 is 0 Å². The summed E-state index contributed by atoms with van der Waals surface area (Å²) in [5.74, 6) is 0.0228. The maximum absolute atomic E-state index is 11.7. The first-order valence-corrected chi connectivity index (χ1v) is 7.81. The van der Waals surface area contributed by atoms with Gasteiger partial charge in [-0.15, -0.1) is 0 Å². The molecule has 22 heavy (non-hydrogen) atoms. The molecule has 2 atom stereocenters. The Hall–Kier alpha value is -1.53. The van der Waals surface area contributed by atoms with Gasteiger partial charge in [0, 0.05) is 0 Å². The van der Waals surface area contributed by atoms with Crippen LogP contribution in [0.5, 0.6) is 0 Å². The second kappa shape index (κ2) is 8.81. The first-order chi connectivity index (χ1) is 10.7. The Kier molecular flexibility index (Phi) is 6.74. The first-order valence-electron chi connectivity index (χ1n) is 7.81. The summed E-state index contributed by atoms with van der Waals surface area (Å²) < 4.78 is 15.7. The molecule has 0 bridgehead atoms. The van der Waals surface area contributed by atoms with E-state index in [9.17, 15) is 9.50 Å². The molecule has 118 valence electrons. The van der Waals surface area contributed by atoms with Gasteiger partial charge in [0.1, 0.15) is 0 Å². The Morgan fingerprint density at radius 1 is 1.36 bits per heavy atom. The number of carbonyl (C=O) groups is 1. The van der Waals surface area contributed by atoms with Gasteiger partial charge in [-0.1, -0.05) is 0 Å². The van der Waals surface area contributed by atoms with Gasteiger partial charge in [0.2, 0.25) is 0 Å². The first kappa shape index (κ1) is 16.8. The summed E-state index contributed by atoms with van der Waals surface area (Å²) in [7, 11) is 0.862. The summed E-state index contributed by atoms with van der Waals surface area (Å²) in [6, 6.07) is 10.4. The third-order valence-corrected chi connectivity index (χ3v) is 3.96. The van der Waals surface area contributed by atoms with Gasteiger partial charge in [-0.2, -0.15) is 0 Å². The van der Waals surface area contributed by atoms with E-state index in [0.29, 0.717) is 19.5 Å². The van der Waals surface area contributed by atoms with E-state index in [0.717, 1.165) is 26.8 Å². The van der Waals surface area contributed by atoms with Crippen molar-refractivity contribution in [3.05, 3.63) is 35.9 Å². The van der Waals surface area contributed by atoms with Gasteiger partial charge in [-0.05, 0) is 0 Å². The standard InChI is InChI=1S/C16H23BN2O3/c1-2-22-16(20)8-14-10-19(11-15(14)18-12-17-21)9-13-6-4-3-5-7-13/h3-7,14-15,18H,2,8-12H2,1H3/t14-,15?/m0/s1. The summed E-state index contributed by atoms with van der Waals surface area (Å²) >= 11 is 0. The van der Waals surface area contributed by atoms with Crippen LogP contribution in [0.4, 0.5) is 0 Å². The number of rotatable bonds is 8. The summed E-state index contributed by atoms with van der Waals surface area (Å²) in [5, 5.41) is 3.23. The third-order valence-electron chi connectivity index (χ3n) is 3.96. The predicted octanol–water partition coefficient (Wildman–Crippen LogP) is 1.04. The van der Waals surface area contributed by atoms with Crippen molar-refractivity contribution in [2.24, 2.45) is 5.92 Å². The second-order valence-electron chi connectivity index (χ2n) is 5.63. The van der Waals surface area contributed by atoms with Crippen molar-refractivity contribution in [3.63, 3.8) is 0 Å². The maximum atomic E-state index is 11.7. The number of hydrogen-bond acceptors (Lipinski definition) is 5. The van der Waals surface area contributed by atoms with Crippen LogP contribution >= 0.6 is 0 Å². The van der Waals surface area contributed by atoms with Crippen molar-refractivity contribution in [3.8, 4) is 0 Å². The van der Waals surface area contributed by atoms with Crippen molar-refractivity contribution in [1.82, 2.24) is 10.2 Å². The van der Waals surface area contributed by atoms with Gasteiger partial charge >= 0.3 is 131 Å². The van der Waals surface area contributed by atoms with Gasteiger partial charge < -0.3 is 0 Å². The molecule has 0 spiro atoms. The molecule has 5 nitrogen and oxygen atoms in total. The SMILES string of the molecule is CCOC(=O)C[C@H]1CN(Cc2ccccc2)CC1NCB=O. The number of esters is 1. The van der Waals surface area contributed by atoms with E-state index in [1.807, 2.05) is 25.1 Å². The molecular weight excluding hydrogens is 279 g/mol. The molecule has 0 saturated carbocycles. The Bertz CT molecular complexity index is 484. The minimum absolute atomic E-state index is 0.151. The monoisotopic (exact) mass is 302 g/mol. The van der Waals surface area contributed by atoms with Gasteiger partial charge in [-0.3, -0.25) is 0 Å². The van der Waals surface area contributed by atoms with Crippen LogP contribution < -0.4 is 5.32 Å². The zero-order valence-electron chi connectivity index (χ0n) is 13.0. The molecule has 1 aromatic rings. The molecule has 1 unspecified atom stereocenters. The Morgan fingerprint density at radius 2 is 2.14 bits per heavy atom. The molecule has 1 fully saturated rings. The Labute approximate surface area is 132 Å². The number of likely N-dealkylation sites (tertiary alicyclic amines) is 1. The topological polar surface area (TPSA) is 58.6 Å². The summed E-state index contributed by atoms with van der Waals surface area (Å²) in [4.78, 5) is 14.1. The van der Waals surface area contributed by atoms with Crippen LogP contribution in [-0.2, 0) is 20.8 Å².